The van der Waals surface area contributed by atoms with E-state index < -0.39 is 0 Å². The topological polar surface area (TPSA) is 68.1 Å². The molecule has 2 aromatic rings. The van der Waals surface area contributed by atoms with E-state index in [0.29, 0.717) is 17.9 Å². The Morgan fingerprint density at radius 2 is 2.33 bits per heavy atom. The van der Waals surface area contributed by atoms with Gasteiger partial charge in [-0.2, -0.15) is 0 Å². The summed E-state index contributed by atoms with van der Waals surface area (Å²) in [5.41, 5.74) is 7.71. The Kier molecular flexibility index (Phi) is 2.33. The highest BCUT2D eigenvalue weighted by Crippen LogP contribution is 2.22. The number of fused-ring (bicyclic) bond motifs is 1. The number of hydrogen-bond donors (Lipinski definition) is 2. The smallest absolute Gasteiger partial charge is 0.338 e. The van der Waals surface area contributed by atoms with Crippen LogP contribution in [-0.2, 0) is 4.74 Å². The minimum absolute atomic E-state index is 0.347. The van der Waals surface area contributed by atoms with Crippen molar-refractivity contribution >= 4 is 22.6 Å². The molecule has 0 amide bonds. The first-order valence-electron chi connectivity index (χ1n) is 4.76. The van der Waals surface area contributed by atoms with Gasteiger partial charge in [-0.15, -0.1) is 0 Å². The van der Waals surface area contributed by atoms with E-state index in [0.717, 1.165) is 10.9 Å². The fraction of sp³-hybridized carbons (Fsp3) is 0.182. The van der Waals surface area contributed by atoms with Gasteiger partial charge in [-0.05, 0) is 25.1 Å². The Balaban J connectivity index is 2.49. The van der Waals surface area contributed by atoms with Gasteiger partial charge in [0.05, 0.1) is 12.2 Å². The van der Waals surface area contributed by atoms with Gasteiger partial charge in [-0.1, -0.05) is 0 Å². The molecule has 0 aliphatic rings. The average Bonchev–Trinajstić information content (AvgIpc) is 2.66. The van der Waals surface area contributed by atoms with Crippen molar-refractivity contribution in [1.82, 2.24) is 4.98 Å². The lowest BCUT2D eigenvalue weighted by Crippen LogP contribution is -2.05. The van der Waals surface area contributed by atoms with Gasteiger partial charge < -0.3 is 15.5 Å². The van der Waals surface area contributed by atoms with Crippen LogP contribution in [0.2, 0.25) is 0 Å². The molecule has 2 rings (SSSR count). The number of H-pyrrole nitrogens is 1. The lowest BCUT2D eigenvalue weighted by molar-refractivity contribution is 0.0526. The maximum atomic E-state index is 11.5. The Morgan fingerprint density at radius 1 is 1.53 bits per heavy atom. The summed E-state index contributed by atoms with van der Waals surface area (Å²) >= 11 is 0. The van der Waals surface area contributed by atoms with Gasteiger partial charge in [0.1, 0.15) is 0 Å². The molecule has 0 spiro atoms. The molecule has 4 nitrogen and oxygen atoms in total. The number of ether oxygens (including phenoxy) is 1. The number of benzene rings is 1. The maximum Gasteiger partial charge on any atom is 0.338 e. The minimum Gasteiger partial charge on any atom is -0.462 e. The first-order valence-corrected chi connectivity index (χ1v) is 4.76. The van der Waals surface area contributed by atoms with E-state index in [1.807, 2.05) is 6.07 Å². The standard InChI is InChI=1S/C11H12N2O2/c1-2-15-11(14)7-5-9(12)8-3-4-13-10(8)6-7/h3-6,13H,2,12H2,1H3. The molecule has 0 atom stereocenters. The zero-order valence-corrected chi connectivity index (χ0v) is 8.41. The highest BCUT2D eigenvalue weighted by molar-refractivity contribution is 5.99. The molecular formula is C11H12N2O2. The van der Waals surface area contributed by atoms with E-state index in [4.69, 9.17) is 10.5 Å². The van der Waals surface area contributed by atoms with E-state index in [1.54, 1.807) is 25.3 Å². The van der Waals surface area contributed by atoms with E-state index in [2.05, 4.69) is 4.98 Å². The molecule has 4 heteroatoms. The summed E-state index contributed by atoms with van der Waals surface area (Å²) < 4.78 is 4.90. The molecule has 0 radical (unpaired) electrons. The monoisotopic (exact) mass is 204 g/mol. The van der Waals surface area contributed by atoms with Gasteiger partial charge >= 0.3 is 5.97 Å². The van der Waals surface area contributed by atoms with Crippen molar-refractivity contribution < 1.29 is 9.53 Å². The second-order valence-corrected chi connectivity index (χ2v) is 3.22. The normalized spacial score (nSPS) is 10.5. The number of anilines is 1. The van der Waals surface area contributed by atoms with Crippen molar-refractivity contribution in [3.05, 3.63) is 30.0 Å². The molecule has 1 aromatic heterocycles. The quantitative estimate of drug-likeness (QED) is 0.580. The van der Waals surface area contributed by atoms with Gasteiger partial charge in [-0.25, -0.2) is 4.79 Å². The summed E-state index contributed by atoms with van der Waals surface area (Å²) in [7, 11) is 0. The van der Waals surface area contributed by atoms with Crippen LogP contribution < -0.4 is 5.73 Å². The summed E-state index contributed by atoms with van der Waals surface area (Å²) in [4.78, 5) is 14.5. The number of nitrogens with two attached hydrogens (primary N) is 1. The molecule has 78 valence electrons. The Hall–Kier alpha value is -1.97. The van der Waals surface area contributed by atoms with Crippen molar-refractivity contribution in [2.75, 3.05) is 12.3 Å². The maximum absolute atomic E-state index is 11.5. The molecule has 0 aliphatic heterocycles. The zero-order valence-electron chi connectivity index (χ0n) is 8.41. The number of carbonyl (C=O) groups excluding carboxylic acids is 1. The van der Waals surface area contributed by atoms with Crippen molar-refractivity contribution in [1.29, 1.82) is 0 Å². The number of rotatable bonds is 2. The van der Waals surface area contributed by atoms with Crippen LogP contribution in [0.5, 0.6) is 0 Å². The molecule has 1 aromatic carbocycles. The van der Waals surface area contributed by atoms with Gasteiger partial charge in [-0.3, -0.25) is 0 Å². The number of carbonyl (C=O) groups is 1. The second-order valence-electron chi connectivity index (χ2n) is 3.22. The molecule has 15 heavy (non-hydrogen) atoms. The van der Waals surface area contributed by atoms with Gasteiger partial charge in [0.25, 0.3) is 0 Å². The number of nitrogen functional groups attached to an aromatic ring is 1. The highest BCUT2D eigenvalue weighted by Gasteiger charge is 2.09. The van der Waals surface area contributed by atoms with Crippen molar-refractivity contribution in [2.24, 2.45) is 0 Å². The lowest BCUT2D eigenvalue weighted by Gasteiger charge is -2.03. The summed E-state index contributed by atoms with van der Waals surface area (Å²) in [6.45, 7) is 2.13. The molecule has 3 N–H and O–H groups in total. The van der Waals surface area contributed by atoms with Crippen LogP contribution in [0.3, 0.4) is 0 Å². The molecule has 0 bridgehead atoms. The average molecular weight is 204 g/mol. The summed E-state index contributed by atoms with van der Waals surface area (Å²) in [5.74, 6) is -0.347. The number of aromatic nitrogens is 1. The van der Waals surface area contributed by atoms with E-state index in [9.17, 15) is 4.79 Å². The number of hydrogen-bond acceptors (Lipinski definition) is 3. The van der Waals surface area contributed by atoms with Gasteiger partial charge in [0.2, 0.25) is 0 Å². The van der Waals surface area contributed by atoms with Crippen molar-refractivity contribution in [3.8, 4) is 0 Å². The van der Waals surface area contributed by atoms with Crippen LogP contribution in [0.25, 0.3) is 10.9 Å². The fourth-order valence-corrected chi connectivity index (χ4v) is 1.53. The third kappa shape index (κ3) is 1.66. The highest BCUT2D eigenvalue weighted by atomic mass is 16.5. The summed E-state index contributed by atoms with van der Waals surface area (Å²) in [6.07, 6.45) is 1.79. The van der Waals surface area contributed by atoms with E-state index >= 15 is 0 Å². The van der Waals surface area contributed by atoms with Crippen LogP contribution in [0.4, 0.5) is 5.69 Å². The SMILES string of the molecule is CCOC(=O)c1cc(N)c2cc[nH]c2c1. The van der Waals surface area contributed by atoms with E-state index in [1.165, 1.54) is 0 Å². The number of nitrogens with one attached hydrogen (secondary N) is 1. The van der Waals surface area contributed by atoms with Gasteiger partial charge in [0.15, 0.2) is 0 Å². The predicted molar refractivity (Wildman–Crippen MR) is 58.7 cm³/mol. The first kappa shape index (κ1) is 9.58. The third-order valence-electron chi connectivity index (χ3n) is 2.21. The Bertz CT molecular complexity index is 502. The molecule has 0 aliphatic carbocycles. The van der Waals surface area contributed by atoms with Crippen LogP contribution in [0, 0.1) is 0 Å². The van der Waals surface area contributed by atoms with E-state index in [-0.39, 0.29) is 5.97 Å². The van der Waals surface area contributed by atoms with Gasteiger partial charge in [0, 0.05) is 22.8 Å². The molecule has 0 saturated heterocycles. The lowest BCUT2D eigenvalue weighted by atomic mass is 10.1. The van der Waals surface area contributed by atoms with Crippen molar-refractivity contribution in [3.63, 3.8) is 0 Å². The Labute approximate surface area is 87.0 Å². The molecule has 0 saturated carbocycles. The molecule has 0 fully saturated rings. The second kappa shape index (κ2) is 3.65. The summed E-state index contributed by atoms with van der Waals surface area (Å²) in [5, 5.41) is 0.919. The molecular weight excluding hydrogens is 192 g/mol. The largest absolute Gasteiger partial charge is 0.462 e. The van der Waals surface area contributed by atoms with Crippen LogP contribution >= 0.6 is 0 Å². The first-order chi connectivity index (χ1) is 7.22. The summed E-state index contributed by atoms with van der Waals surface area (Å²) in [6, 6.07) is 5.25. The zero-order chi connectivity index (χ0) is 10.8. The van der Waals surface area contributed by atoms with Crippen LogP contribution in [-0.4, -0.2) is 17.6 Å². The minimum atomic E-state index is -0.347. The number of aromatic amines is 1. The van der Waals surface area contributed by atoms with Crippen molar-refractivity contribution in [2.45, 2.75) is 6.92 Å². The Morgan fingerprint density at radius 3 is 3.07 bits per heavy atom. The molecule has 0 unspecified atom stereocenters. The third-order valence-corrected chi connectivity index (χ3v) is 2.21. The van der Waals surface area contributed by atoms with Crippen LogP contribution in [0.1, 0.15) is 17.3 Å². The fourth-order valence-electron chi connectivity index (χ4n) is 1.53. The molecule has 1 heterocycles. The van der Waals surface area contributed by atoms with Crippen LogP contribution in [0.15, 0.2) is 24.4 Å². The number of esters is 1. The predicted octanol–water partition coefficient (Wildman–Crippen LogP) is 1.93.